The molecule has 1 unspecified atom stereocenters. The number of hydrogen-bond donors (Lipinski definition) is 2. The molecule has 0 spiro atoms. The van der Waals surface area contributed by atoms with Gasteiger partial charge in [0.25, 0.3) is 0 Å². The maximum atomic E-state index is 10.3. The molecule has 2 rings (SSSR count). The van der Waals surface area contributed by atoms with Crippen LogP contribution in [0.15, 0.2) is 24.3 Å². The Morgan fingerprint density at radius 2 is 1.68 bits per heavy atom. The molecule has 106 valence electrons. The molecule has 19 heavy (non-hydrogen) atoms. The van der Waals surface area contributed by atoms with Gasteiger partial charge in [-0.3, -0.25) is 4.90 Å². The highest BCUT2D eigenvalue weighted by Gasteiger charge is 2.18. The molecule has 3 N–H and O–H groups in total. The fourth-order valence-corrected chi connectivity index (χ4v) is 2.51. The van der Waals surface area contributed by atoms with E-state index in [-0.39, 0.29) is 0 Å². The molecule has 1 atom stereocenters. The molecule has 0 bridgehead atoms. The summed E-state index contributed by atoms with van der Waals surface area (Å²) in [6.07, 6.45) is -0.403. The second-order valence-corrected chi connectivity index (χ2v) is 5.20. The van der Waals surface area contributed by atoms with Gasteiger partial charge in [-0.15, -0.1) is 0 Å². The Morgan fingerprint density at radius 1 is 1.11 bits per heavy atom. The van der Waals surface area contributed by atoms with Crippen LogP contribution in [-0.4, -0.2) is 54.2 Å². The van der Waals surface area contributed by atoms with Crippen LogP contribution in [0, 0.1) is 0 Å². The van der Waals surface area contributed by atoms with Crippen LogP contribution >= 0.6 is 0 Å². The number of aliphatic hydroxyl groups excluding tert-OH is 1. The molecule has 0 saturated carbocycles. The van der Waals surface area contributed by atoms with Crippen molar-refractivity contribution in [3.05, 3.63) is 35.4 Å². The van der Waals surface area contributed by atoms with E-state index < -0.39 is 6.10 Å². The van der Waals surface area contributed by atoms with Crippen LogP contribution in [0.2, 0.25) is 0 Å². The van der Waals surface area contributed by atoms with Crippen LogP contribution in [0.4, 0.5) is 0 Å². The lowest BCUT2D eigenvalue weighted by Crippen LogP contribution is -2.47. The standard InChI is InChI=1S/C15H25N3O/c1-2-17-7-9-18(10-8-17)12-15(19)14-5-3-13(11-16)4-6-14/h3-6,15,19H,2,7-12,16H2,1H3. The summed E-state index contributed by atoms with van der Waals surface area (Å²) < 4.78 is 0. The first-order valence-corrected chi connectivity index (χ1v) is 7.14. The molecule has 1 aliphatic heterocycles. The minimum atomic E-state index is -0.403. The lowest BCUT2D eigenvalue weighted by molar-refractivity contribution is 0.0744. The van der Waals surface area contributed by atoms with Crippen molar-refractivity contribution in [2.45, 2.75) is 19.6 Å². The number of hydrogen-bond acceptors (Lipinski definition) is 4. The van der Waals surface area contributed by atoms with Gasteiger partial charge in [-0.1, -0.05) is 31.2 Å². The normalized spacial score (nSPS) is 19.5. The van der Waals surface area contributed by atoms with E-state index in [9.17, 15) is 5.11 Å². The molecule has 1 fully saturated rings. The minimum Gasteiger partial charge on any atom is -0.387 e. The number of nitrogens with zero attached hydrogens (tertiary/aromatic N) is 2. The monoisotopic (exact) mass is 263 g/mol. The zero-order valence-corrected chi connectivity index (χ0v) is 11.8. The van der Waals surface area contributed by atoms with E-state index >= 15 is 0 Å². The summed E-state index contributed by atoms with van der Waals surface area (Å²) in [5, 5.41) is 10.3. The van der Waals surface area contributed by atoms with Gasteiger partial charge in [0, 0.05) is 39.3 Å². The number of rotatable bonds is 5. The molecule has 0 aliphatic carbocycles. The predicted molar refractivity (Wildman–Crippen MR) is 77.8 cm³/mol. The molecular formula is C15H25N3O. The van der Waals surface area contributed by atoms with E-state index in [0.29, 0.717) is 6.54 Å². The Kier molecular flexibility index (Phi) is 5.34. The van der Waals surface area contributed by atoms with Gasteiger partial charge in [0.2, 0.25) is 0 Å². The van der Waals surface area contributed by atoms with Crippen molar-refractivity contribution in [1.29, 1.82) is 0 Å². The average molecular weight is 263 g/mol. The SMILES string of the molecule is CCN1CCN(CC(O)c2ccc(CN)cc2)CC1. The van der Waals surface area contributed by atoms with E-state index in [0.717, 1.165) is 50.4 Å². The van der Waals surface area contributed by atoms with E-state index in [1.165, 1.54) is 0 Å². The zero-order valence-electron chi connectivity index (χ0n) is 11.8. The second kappa shape index (κ2) is 7.01. The first kappa shape index (κ1) is 14.5. The third kappa shape index (κ3) is 4.01. The third-order valence-electron chi connectivity index (χ3n) is 3.94. The quantitative estimate of drug-likeness (QED) is 0.826. The van der Waals surface area contributed by atoms with Crippen molar-refractivity contribution in [3.63, 3.8) is 0 Å². The molecular weight excluding hydrogens is 238 g/mol. The molecule has 1 aliphatic rings. The molecule has 1 aromatic rings. The van der Waals surface area contributed by atoms with E-state index in [2.05, 4.69) is 16.7 Å². The summed E-state index contributed by atoms with van der Waals surface area (Å²) in [6.45, 7) is 8.90. The molecule has 0 aromatic heterocycles. The Labute approximate surface area is 115 Å². The van der Waals surface area contributed by atoms with Gasteiger partial charge in [-0.05, 0) is 17.7 Å². The van der Waals surface area contributed by atoms with Gasteiger partial charge >= 0.3 is 0 Å². The topological polar surface area (TPSA) is 52.7 Å². The maximum absolute atomic E-state index is 10.3. The summed E-state index contributed by atoms with van der Waals surface area (Å²) in [4.78, 5) is 4.78. The predicted octanol–water partition coefficient (Wildman–Crippen LogP) is 0.816. The van der Waals surface area contributed by atoms with E-state index in [1.807, 2.05) is 24.3 Å². The molecule has 0 radical (unpaired) electrons. The summed E-state index contributed by atoms with van der Waals surface area (Å²) in [5.74, 6) is 0. The molecule has 4 heteroatoms. The number of piperazine rings is 1. The van der Waals surface area contributed by atoms with Gasteiger partial charge in [-0.2, -0.15) is 0 Å². The average Bonchev–Trinajstić information content (AvgIpc) is 2.48. The van der Waals surface area contributed by atoms with Crippen molar-refractivity contribution >= 4 is 0 Å². The van der Waals surface area contributed by atoms with Crippen LogP contribution in [0.25, 0.3) is 0 Å². The van der Waals surface area contributed by atoms with Gasteiger partial charge < -0.3 is 15.7 Å². The third-order valence-corrected chi connectivity index (χ3v) is 3.94. The maximum Gasteiger partial charge on any atom is 0.0916 e. The lowest BCUT2D eigenvalue weighted by atomic mass is 10.1. The van der Waals surface area contributed by atoms with Crippen LogP contribution < -0.4 is 5.73 Å². The fourth-order valence-electron chi connectivity index (χ4n) is 2.51. The smallest absolute Gasteiger partial charge is 0.0916 e. The van der Waals surface area contributed by atoms with Crippen LogP contribution in [0.3, 0.4) is 0 Å². The Balaban J connectivity index is 1.85. The number of β-amino-alcohol motifs (C(OH)–C–C–N with tert-alkyl or cyclic N) is 1. The molecule has 4 nitrogen and oxygen atoms in total. The van der Waals surface area contributed by atoms with Crippen molar-refractivity contribution < 1.29 is 5.11 Å². The first-order valence-electron chi connectivity index (χ1n) is 7.14. The Hall–Kier alpha value is -0.940. The number of benzene rings is 1. The van der Waals surface area contributed by atoms with Crippen molar-refractivity contribution in [3.8, 4) is 0 Å². The summed E-state index contributed by atoms with van der Waals surface area (Å²) in [5.41, 5.74) is 7.66. The highest BCUT2D eigenvalue weighted by atomic mass is 16.3. The molecule has 0 amide bonds. The highest BCUT2D eigenvalue weighted by Crippen LogP contribution is 2.16. The molecule has 1 aromatic carbocycles. The highest BCUT2D eigenvalue weighted by molar-refractivity contribution is 5.24. The number of aliphatic hydroxyl groups is 1. The second-order valence-electron chi connectivity index (χ2n) is 5.20. The van der Waals surface area contributed by atoms with Gasteiger partial charge in [0.05, 0.1) is 6.10 Å². The van der Waals surface area contributed by atoms with Gasteiger partial charge in [-0.25, -0.2) is 0 Å². The van der Waals surface area contributed by atoms with E-state index in [1.54, 1.807) is 0 Å². The van der Waals surface area contributed by atoms with Crippen LogP contribution in [-0.2, 0) is 6.54 Å². The van der Waals surface area contributed by atoms with Gasteiger partial charge in [0.15, 0.2) is 0 Å². The number of likely N-dealkylation sites (N-methyl/N-ethyl adjacent to an activating group) is 1. The Morgan fingerprint density at radius 3 is 2.21 bits per heavy atom. The van der Waals surface area contributed by atoms with Crippen molar-refractivity contribution in [2.24, 2.45) is 5.73 Å². The largest absolute Gasteiger partial charge is 0.387 e. The van der Waals surface area contributed by atoms with Crippen LogP contribution in [0.1, 0.15) is 24.2 Å². The summed E-state index contributed by atoms with van der Waals surface area (Å²) in [7, 11) is 0. The van der Waals surface area contributed by atoms with Crippen molar-refractivity contribution in [1.82, 2.24) is 9.80 Å². The summed E-state index contributed by atoms with van der Waals surface area (Å²) in [6, 6.07) is 7.95. The van der Waals surface area contributed by atoms with Gasteiger partial charge in [0.1, 0.15) is 0 Å². The van der Waals surface area contributed by atoms with Crippen molar-refractivity contribution in [2.75, 3.05) is 39.3 Å². The molecule has 1 saturated heterocycles. The van der Waals surface area contributed by atoms with E-state index in [4.69, 9.17) is 5.73 Å². The minimum absolute atomic E-state index is 0.403. The first-order chi connectivity index (χ1) is 9.22. The Bertz CT molecular complexity index is 371. The van der Waals surface area contributed by atoms with Crippen LogP contribution in [0.5, 0.6) is 0 Å². The lowest BCUT2D eigenvalue weighted by Gasteiger charge is -2.35. The number of nitrogens with two attached hydrogens (primary N) is 1. The zero-order chi connectivity index (χ0) is 13.7. The fraction of sp³-hybridized carbons (Fsp3) is 0.600. The summed E-state index contributed by atoms with van der Waals surface area (Å²) >= 11 is 0. The molecule has 1 heterocycles.